The highest BCUT2D eigenvalue weighted by atomic mass is 35.5. The van der Waals surface area contributed by atoms with Gasteiger partial charge in [0.15, 0.2) is 0 Å². The molecule has 0 aliphatic heterocycles. The second kappa shape index (κ2) is 7.14. The van der Waals surface area contributed by atoms with Gasteiger partial charge in [-0.05, 0) is 52.3 Å². The van der Waals surface area contributed by atoms with Crippen molar-refractivity contribution in [3.8, 4) is 5.75 Å². The first kappa shape index (κ1) is 19.7. The number of methoxy groups -OCH3 is 1. The molecule has 0 heterocycles. The molecule has 0 radical (unpaired) electrons. The van der Waals surface area contributed by atoms with Crippen molar-refractivity contribution in [3.05, 3.63) is 29.8 Å². The van der Waals surface area contributed by atoms with Gasteiger partial charge in [-0.25, -0.2) is 0 Å². The number of rotatable bonds is 4. The maximum Gasteiger partial charge on any atom is 0.313 e. The largest absolute Gasteiger partial charge is 0.488 e. The lowest BCUT2D eigenvalue weighted by atomic mass is 9.81. The van der Waals surface area contributed by atoms with Crippen molar-refractivity contribution < 1.29 is 14.3 Å². The van der Waals surface area contributed by atoms with E-state index in [2.05, 4.69) is 0 Å². The van der Waals surface area contributed by atoms with E-state index in [0.29, 0.717) is 0 Å². The lowest BCUT2D eigenvalue weighted by Gasteiger charge is -2.29. The third kappa shape index (κ3) is 5.21. The summed E-state index contributed by atoms with van der Waals surface area (Å²) in [5, 5.41) is 0. The van der Waals surface area contributed by atoms with Crippen molar-refractivity contribution in [1.29, 1.82) is 0 Å². The van der Waals surface area contributed by atoms with Gasteiger partial charge in [0.1, 0.15) is 11.4 Å². The van der Waals surface area contributed by atoms with E-state index in [1.807, 2.05) is 45.0 Å². The summed E-state index contributed by atoms with van der Waals surface area (Å²) in [6, 6.07) is 7.08. The van der Waals surface area contributed by atoms with Crippen LogP contribution in [-0.4, -0.2) is 18.7 Å². The summed E-state index contributed by atoms with van der Waals surface area (Å²) in [4.78, 5) is 11.8. The van der Waals surface area contributed by atoms with Gasteiger partial charge in [-0.2, -0.15) is 0 Å². The maximum atomic E-state index is 11.8. The number of carbonyl (C=O) groups is 1. The molecule has 0 saturated heterocycles. The molecule has 0 bridgehead atoms. The minimum Gasteiger partial charge on any atom is -0.488 e. The molecule has 0 fully saturated rings. The number of hydrogen-bond donors (Lipinski definition) is 1. The van der Waals surface area contributed by atoms with Crippen LogP contribution in [0.5, 0.6) is 5.75 Å². The predicted octanol–water partition coefficient (Wildman–Crippen LogP) is 3.48. The number of nitrogens with two attached hydrogens (primary N) is 1. The highest BCUT2D eigenvalue weighted by Crippen LogP contribution is 2.33. The normalized spacial score (nSPS) is 13.1. The Balaban J connectivity index is 0.00000400. The smallest absolute Gasteiger partial charge is 0.313 e. The van der Waals surface area contributed by atoms with Crippen LogP contribution >= 0.6 is 12.4 Å². The van der Waals surface area contributed by atoms with Gasteiger partial charge in [-0.15, -0.1) is 12.4 Å². The van der Waals surface area contributed by atoms with Crippen LogP contribution in [0, 0.1) is 5.41 Å². The van der Waals surface area contributed by atoms with E-state index >= 15 is 0 Å². The quantitative estimate of drug-likeness (QED) is 0.864. The molecule has 5 heteroatoms. The summed E-state index contributed by atoms with van der Waals surface area (Å²) in [5.74, 6) is 0.462. The molecule has 4 nitrogen and oxygen atoms in total. The molecule has 0 aliphatic rings. The summed E-state index contributed by atoms with van der Waals surface area (Å²) in [6.45, 7) is 9.54. The van der Waals surface area contributed by atoms with Gasteiger partial charge in [0.2, 0.25) is 0 Å². The van der Waals surface area contributed by atoms with Crippen LogP contribution in [0.4, 0.5) is 0 Å². The zero-order chi connectivity index (χ0) is 15.6. The summed E-state index contributed by atoms with van der Waals surface area (Å²) in [7, 11) is 1.37. The van der Waals surface area contributed by atoms with E-state index < -0.39 is 11.5 Å². The summed E-state index contributed by atoms with van der Waals surface area (Å²) < 4.78 is 10.6. The maximum absolute atomic E-state index is 11.8. The minimum absolute atomic E-state index is 0. The van der Waals surface area contributed by atoms with Crippen molar-refractivity contribution in [2.75, 3.05) is 7.11 Å². The van der Waals surface area contributed by atoms with E-state index in [1.54, 1.807) is 13.8 Å². The molecule has 1 rings (SSSR count). The third-order valence-electron chi connectivity index (χ3n) is 3.15. The Morgan fingerprint density at radius 2 is 1.57 bits per heavy atom. The Bertz CT molecular complexity index is 463. The second-order valence-corrected chi connectivity index (χ2v) is 6.47. The molecule has 21 heavy (non-hydrogen) atoms. The first-order valence-electron chi connectivity index (χ1n) is 6.71. The topological polar surface area (TPSA) is 61.5 Å². The van der Waals surface area contributed by atoms with Crippen molar-refractivity contribution in [2.45, 2.75) is 46.3 Å². The average Bonchev–Trinajstić information content (AvgIpc) is 2.35. The number of carbonyl (C=O) groups excluding carboxylic acids is 1. The van der Waals surface area contributed by atoms with Gasteiger partial charge in [0, 0.05) is 6.04 Å². The Hall–Kier alpha value is -1.26. The van der Waals surface area contributed by atoms with Crippen molar-refractivity contribution in [2.24, 2.45) is 11.1 Å². The lowest BCUT2D eigenvalue weighted by Crippen LogP contribution is -2.37. The molecule has 0 unspecified atom stereocenters. The fourth-order valence-corrected chi connectivity index (χ4v) is 1.90. The molecule has 2 N–H and O–H groups in total. The standard InChI is InChI=1S/C16H25NO3.ClH/c1-15(2,3)20-12-9-7-11(8-10-12)13(17)16(4,5)14(18)19-6;/h7-10,13H,17H2,1-6H3;1H/t13-;/m1./s1. The van der Waals surface area contributed by atoms with Gasteiger partial charge < -0.3 is 15.2 Å². The van der Waals surface area contributed by atoms with Gasteiger partial charge >= 0.3 is 5.97 Å². The molecule has 0 amide bonds. The Kier molecular flexibility index (Phi) is 6.71. The first-order chi connectivity index (χ1) is 9.08. The number of halogens is 1. The summed E-state index contributed by atoms with van der Waals surface area (Å²) >= 11 is 0. The number of benzene rings is 1. The van der Waals surface area contributed by atoms with Crippen LogP contribution in [0.2, 0.25) is 0 Å². The van der Waals surface area contributed by atoms with E-state index in [9.17, 15) is 4.79 Å². The van der Waals surface area contributed by atoms with Crippen LogP contribution in [0.15, 0.2) is 24.3 Å². The lowest BCUT2D eigenvalue weighted by molar-refractivity contribution is -0.152. The predicted molar refractivity (Wildman–Crippen MR) is 86.8 cm³/mol. The van der Waals surface area contributed by atoms with Gasteiger partial charge in [0.25, 0.3) is 0 Å². The molecule has 0 saturated carbocycles. The van der Waals surface area contributed by atoms with Crippen molar-refractivity contribution in [1.82, 2.24) is 0 Å². The van der Waals surface area contributed by atoms with Crippen LogP contribution in [0.25, 0.3) is 0 Å². The Morgan fingerprint density at radius 3 is 1.95 bits per heavy atom. The van der Waals surface area contributed by atoms with Crippen LogP contribution in [-0.2, 0) is 9.53 Å². The molecule has 1 aromatic carbocycles. The fourth-order valence-electron chi connectivity index (χ4n) is 1.90. The molecule has 1 atom stereocenters. The Labute approximate surface area is 133 Å². The SMILES string of the molecule is COC(=O)C(C)(C)[C@H](N)c1ccc(OC(C)(C)C)cc1.Cl. The average molecular weight is 316 g/mol. The third-order valence-corrected chi connectivity index (χ3v) is 3.15. The second-order valence-electron chi connectivity index (χ2n) is 6.47. The highest BCUT2D eigenvalue weighted by Gasteiger charge is 2.36. The minimum atomic E-state index is -0.777. The van der Waals surface area contributed by atoms with Gasteiger partial charge in [-0.3, -0.25) is 4.79 Å². The van der Waals surface area contributed by atoms with E-state index in [4.69, 9.17) is 15.2 Å². The molecular weight excluding hydrogens is 290 g/mol. The molecule has 0 spiro atoms. The van der Waals surface area contributed by atoms with Crippen LogP contribution in [0.3, 0.4) is 0 Å². The molecule has 1 aromatic rings. The van der Waals surface area contributed by atoms with Crippen molar-refractivity contribution in [3.63, 3.8) is 0 Å². The highest BCUT2D eigenvalue weighted by molar-refractivity contribution is 5.85. The van der Waals surface area contributed by atoms with Gasteiger partial charge in [-0.1, -0.05) is 12.1 Å². The molecular formula is C16H26ClNO3. The van der Waals surface area contributed by atoms with Crippen LogP contribution in [0.1, 0.15) is 46.2 Å². The summed E-state index contributed by atoms with van der Waals surface area (Å²) in [5.41, 5.74) is 6.04. The number of hydrogen-bond acceptors (Lipinski definition) is 4. The first-order valence-corrected chi connectivity index (χ1v) is 6.71. The van der Waals surface area contributed by atoms with E-state index in [1.165, 1.54) is 7.11 Å². The zero-order valence-electron chi connectivity index (χ0n) is 13.6. The molecule has 120 valence electrons. The van der Waals surface area contributed by atoms with Crippen LogP contribution < -0.4 is 10.5 Å². The monoisotopic (exact) mass is 315 g/mol. The zero-order valence-corrected chi connectivity index (χ0v) is 14.4. The number of ether oxygens (including phenoxy) is 2. The number of esters is 1. The van der Waals surface area contributed by atoms with E-state index in [-0.39, 0.29) is 24.0 Å². The fraction of sp³-hybridized carbons (Fsp3) is 0.562. The molecule has 0 aromatic heterocycles. The van der Waals surface area contributed by atoms with E-state index in [0.717, 1.165) is 11.3 Å². The Morgan fingerprint density at radius 1 is 1.10 bits per heavy atom. The van der Waals surface area contributed by atoms with Crippen molar-refractivity contribution >= 4 is 18.4 Å². The van der Waals surface area contributed by atoms with Gasteiger partial charge in [0.05, 0.1) is 12.5 Å². The summed E-state index contributed by atoms with van der Waals surface area (Å²) in [6.07, 6.45) is 0. The molecule has 0 aliphatic carbocycles.